The Morgan fingerprint density at radius 3 is 2.57 bits per heavy atom. The maximum absolute atomic E-state index is 13.2. The van der Waals surface area contributed by atoms with Crippen molar-refractivity contribution in [3.05, 3.63) is 65.5 Å². The van der Waals surface area contributed by atoms with Gasteiger partial charge in [0.1, 0.15) is 22.7 Å². The molecule has 0 atom stereocenters. The molecule has 0 aliphatic rings. The molecule has 0 aliphatic carbocycles. The number of hydrogen-bond acceptors (Lipinski definition) is 5. The summed E-state index contributed by atoms with van der Waals surface area (Å²) in [4.78, 5) is 22.1. The summed E-state index contributed by atoms with van der Waals surface area (Å²) < 4.78 is 14.6. The Morgan fingerprint density at radius 2 is 1.87 bits per heavy atom. The molecule has 0 radical (unpaired) electrons. The van der Waals surface area contributed by atoms with Crippen molar-refractivity contribution < 1.29 is 9.18 Å². The topological polar surface area (TPSA) is 98.2 Å². The maximum atomic E-state index is 13.2. The molecule has 0 saturated heterocycles. The Kier molecular flexibility index (Phi) is 5.38. The number of aromatic nitrogens is 3. The maximum Gasteiger partial charge on any atom is 0.257 e. The van der Waals surface area contributed by atoms with Gasteiger partial charge in [-0.15, -0.1) is 0 Å². The summed E-state index contributed by atoms with van der Waals surface area (Å²) in [7, 11) is 0. The first-order valence-corrected chi connectivity index (χ1v) is 9.73. The van der Waals surface area contributed by atoms with Gasteiger partial charge in [-0.2, -0.15) is 9.78 Å². The van der Waals surface area contributed by atoms with Crippen LogP contribution in [0.2, 0.25) is 0 Å². The average molecular weight is 404 g/mol. The first kappa shape index (κ1) is 19.5. The second kappa shape index (κ2) is 8.28. The number of para-hydroxylation sites is 2. The zero-order valence-electron chi connectivity index (χ0n) is 16.5. The number of amides is 1. The van der Waals surface area contributed by atoms with Crippen LogP contribution in [0.25, 0.3) is 22.2 Å². The van der Waals surface area contributed by atoms with Gasteiger partial charge in [-0.05, 0) is 36.2 Å². The van der Waals surface area contributed by atoms with Crippen LogP contribution in [-0.4, -0.2) is 33.3 Å². The quantitative estimate of drug-likeness (QED) is 0.378. The minimum Gasteiger partial charge on any atom is -0.383 e. The smallest absolute Gasteiger partial charge is 0.257 e. The van der Waals surface area contributed by atoms with Crippen LogP contribution in [-0.2, 0) is 0 Å². The van der Waals surface area contributed by atoms with Crippen LogP contribution in [0.5, 0.6) is 0 Å². The summed E-state index contributed by atoms with van der Waals surface area (Å²) in [5, 5.41) is 7.28. The molecule has 8 heteroatoms. The van der Waals surface area contributed by atoms with Crippen molar-refractivity contribution in [2.75, 3.05) is 12.3 Å². The van der Waals surface area contributed by atoms with Gasteiger partial charge in [-0.25, -0.2) is 14.4 Å². The lowest BCUT2D eigenvalue weighted by molar-refractivity contribution is 0.0955. The molecule has 2 aromatic heterocycles. The molecule has 152 valence electrons. The lowest BCUT2D eigenvalue weighted by Crippen LogP contribution is -2.25. The van der Waals surface area contributed by atoms with Gasteiger partial charge >= 0.3 is 0 Å². The van der Waals surface area contributed by atoms with Crippen LogP contribution in [0.1, 0.15) is 35.7 Å². The molecular formula is C22H21FN6O. The van der Waals surface area contributed by atoms with E-state index in [1.807, 2.05) is 31.2 Å². The number of halogens is 1. The van der Waals surface area contributed by atoms with Gasteiger partial charge in [0.05, 0.1) is 17.2 Å². The van der Waals surface area contributed by atoms with Gasteiger partial charge in [0.25, 0.3) is 5.91 Å². The second-order valence-corrected chi connectivity index (χ2v) is 6.86. The van der Waals surface area contributed by atoms with Crippen molar-refractivity contribution in [2.24, 2.45) is 5.10 Å². The van der Waals surface area contributed by atoms with Gasteiger partial charge in [-0.3, -0.25) is 4.79 Å². The standard InChI is InChI=1S/C22H21FN6O/c1-2-3-12-25-22(30)18-19-21(28-17-7-5-4-6-16(17)27-19)29(20(18)24)26-13-14-8-10-15(23)11-9-14/h4-11,13H,2-3,12,24H2,1H3,(H,25,30)/b26-13+. The Bertz CT molecular complexity index is 1250. The molecule has 7 nitrogen and oxygen atoms in total. The van der Waals surface area contributed by atoms with Crippen molar-refractivity contribution >= 4 is 40.1 Å². The number of unbranched alkanes of at least 4 members (excludes halogenated alkanes) is 1. The number of nitrogens with zero attached hydrogens (tertiary/aromatic N) is 4. The Labute approximate surface area is 172 Å². The van der Waals surface area contributed by atoms with Crippen LogP contribution in [0, 0.1) is 5.82 Å². The SMILES string of the molecule is CCCCNC(=O)c1c(N)n(/N=C/c2ccc(F)cc2)c2nc3ccccc3nc12. The van der Waals surface area contributed by atoms with Gasteiger partial charge in [0.15, 0.2) is 5.65 Å². The summed E-state index contributed by atoms with van der Waals surface area (Å²) in [6.07, 6.45) is 3.36. The van der Waals surface area contributed by atoms with Crippen molar-refractivity contribution in [1.29, 1.82) is 0 Å². The molecule has 2 aromatic carbocycles. The molecule has 0 aliphatic heterocycles. The summed E-state index contributed by atoms with van der Waals surface area (Å²) in [5.41, 5.74) is 9.34. The summed E-state index contributed by atoms with van der Waals surface area (Å²) in [6.45, 7) is 2.59. The number of nitrogens with two attached hydrogens (primary N) is 1. The third kappa shape index (κ3) is 3.71. The van der Waals surface area contributed by atoms with E-state index in [1.165, 1.54) is 23.0 Å². The number of nitrogens with one attached hydrogen (secondary N) is 1. The highest BCUT2D eigenvalue weighted by Gasteiger charge is 2.23. The molecule has 4 rings (SSSR count). The monoisotopic (exact) mass is 404 g/mol. The van der Waals surface area contributed by atoms with E-state index in [9.17, 15) is 9.18 Å². The van der Waals surface area contributed by atoms with E-state index in [1.54, 1.807) is 12.1 Å². The molecule has 0 saturated carbocycles. The van der Waals surface area contributed by atoms with Gasteiger partial charge in [0.2, 0.25) is 0 Å². The van der Waals surface area contributed by atoms with Gasteiger partial charge in [0, 0.05) is 6.54 Å². The molecule has 2 heterocycles. The second-order valence-electron chi connectivity index (χ2n) is 6.86. The highest BCUT2D eigenvalue weighted by atomic mass is 19.1. The molecule has 0 spiro atoms. The zero-order valence-corrected chi connectivity index (χ0v) is 16.5. The lowest BCUT2D eigenvalue weighted by Gasteiger charge is -2.04. The fourth-order valence-electron chi connectivity index (χ4n) is 3.13. The zero-order chi connectivity index (χ0) is 21.1. The number of hydrogen-bond donors (Lipinski definition) is 2. The van der Waals surface area contributed by atoms with E-state index in [-0.39, 0.29) is 23.1 Å². The third-order valence-electron chi connectivity index (χ3n) is 4.71. The summed E-state index contributed by atoms with van der Waals surface area (Å²) in [6, 6.07) is 13.3. The van der Waals surface area contributed by atoms with Crippen molar-refractivity contribution in [3.63, 3.8) is 0 Å². The molecular weight excluding hydrogens is 383 g/mol. The minimum absolute atomic E-state index is 0.146. The molecule has 0 fully saturated rings. The molecule has 3 N–H and O–H groups in total. The molecule has 1 amide bonds. The van der Waals surface area contributed by atoms with Crippen LogP contribution < -0.4 is 11.1 Å². The van der Waals surface area contributed by atoms with Crippen molar-refractivity contribution in [2.45, 2.75) is 19.8 Å². The Morgan fingerprint density at radius 1 is 1.17 bits per heavy atom. The molecule has 30 heavy (non-hydrogen) atoms. The summed E-state index contributed by atoms with van der Waals surface area (Å²) >= 11 is 0. The number of fused-ring (bicyclic) bond motifs is 2. The van der Waals surface area contributed by atoms with E-state index in [0.29, 0.717) is 34.3 Å². The number of carbonyl (C=O) groups excluding carboxylic acids is 1. The van der Waals surface area contributed by atoms with Crippen molar-refractivity contribution in [1.82, 2.24) is 20.0 Å². The van der Waals surface area contributed by atoms with E-state index in [4.69, 9.17) is 5.73 Å². The highest BCUT2D eigenvalue weighted by Crippen LogP contribution is 2.27. The number of benzene rings is 2. The van der Waals surface area contributed by atoms with E-state index < -0.39 is 0 Å². The molecule has 0 bridgehead atoms. The summed E-state index contributed by atoms with van der Waals surface area (Å²) in [5.74, 6) is -0.500. The number of anilines is 1. The van der Waals surface area contributed by atoms with Gasteiger partial charge in [-0.1, -0.05) is 37.6 Å². The number of nitrogen functional groups attached to an aromatic ring is 1. The lowest BCUT2D eigenvalue weighted by atomic mass is 10.2. The molecule has 0 unspecified atom stereocenters. The van der Waals surface area contributed by atoms with Crippen LogP contribution in [0.15, 0.2) is 53.6 Å². The van der Waals surface area contributed by atoms with Crippen molar-refractivity contribution in [3.8, 4) is 0 Å². The fourth-order valence-corrected chi connectivity index (χ4v) is 3.13. The first-order valence-electron chi connectivity index (χ1n) is 9.73. The predicted molar refractivity (Wildman–Crippen MR) is 116 cm³/mol. The van der Waals surface area contributed by atoms with Crippen LogP contribution >= 0.6 is 0 Å². The van der Waals surface area contributed by atoms with Gasteiger partial charge < -0.3 is 11.1 Å². The minimum atomic E-state index is -0.332. The van der Waals surface area contributed by atoms with E-state index in [0.717, 1.165) is 12.8 Å². The third-order valence-corrected chi connectivity index (χ3v) is 4.71. The largest absolute Gasteiger partial charge is 0.383 e. The fraction of sp³-hybridized carbons (Fsp3) is 0.182. The molecule has 4 aromatic rings. The number of carbonyl (C=O) groups is 1. The van der Waals surface area contributed by atoms with Crippen LogP contribution in [0.4, 0.5) is 10.2 Å². The van der Waals surface area contributed by atoms with E-state index in [2.05, 4.69) is 20.4 Å². The first-order chi connectivity index (χ1) is 14.6. The normalized spacial score (nSPS) is 11.5. The number of rotatable bonds is 6. The van der Waals surface area contributed by atoms with E-state index >= 15 is 0 Å². The Hall–Kier alpha value is -3.81. The predicted octanol–water partition coefficient (Wildman–Crippen LogP) is 3.72. The highest BCUT2D eigenvalue weighted by molar-refractivity contribution is 6.10. The average Bonchev–Trinajstić information content (AvgIpc) is 3.02. The Balaban J connectivity index is 1.85. The van der Waals surface area contributed by atoms with Crippen LogP contribution in [0.3, 0.4) is 0 Å².